The summed E-state index contributed by atoms with van der Waals surface area (Å²) in [6.45, 7) is 5.73. The van der Waals surface area contributed by atoms with Crippen LogP contribution in [0.4, 0.5) is 0 Å². The van der Waals surface area contributed by atoms with Gasteiger partial charge in [0.2, 0.25) is 5.91 Å². The van der Waals surface area contributed by atoms with E-state index in [2.05, 4.69) is 16.3 Å². The summed E-state index contributed by atoms with van der Waals surface area (Å²) in [7, 11) is 1.67. The minimum atomic E-state index is 0.0383. The smallest absolute Gasteiger partial charge is 0.254 e. The Hall–Kier alpha value is -3.71. The van der Waals surface area contributed by atoms with Crippen molar-refractivity contribution in [3.8, 4) is 5.75 Å². The first kappa shape index (κ1) is 25.0. The van der Waals surface area contributed by atoms with Crippen LogP contribution in [0.5, 0.6) is 5.75 Å². The molecule has 3 aromatic rings. The number of methoxy groups -OCH3 is 1. The van der Waals surface area contributed by atoms with E-state index in [0.717, 1.165) is 70.4 Å². The summed E-state index contributed by atoms with van der Waals surface area (Å²) < 4.78 is 5.29. The van der Waals surface area contributed by atoms with Gasteiger partial charge in [-0.1, -0.05) is 30.3 Å². The molecule has 0 spiro atoms. The van der Waals surface area contributed by atoms with E-state index < -0.39 is 0 Å². The summed E-state index contributed by atoms with van der Waals surface area (Å²) in [5, 5.41) is 3.79. The SMILES string of the molecule is CCNC(=O)CN1CCCN(C(=O)c2c3c(nc4ccccc24)C(=Cc2ccc(OC)cc2)CC3)CC1. The average Bonchev–Trinajstić information content (AvgIpc) is 3.15. The lowest BCUT2D eigenvalue weighted by Crippen LogP contribution is -2.40. The number of hydrogen-bond donors (Lipinski definition) is 1. The second-order valence-corrected chi connectivity index (χ2v) is 9.65. The zero-order valence-electron chi connectivity index (χ0n) is 21.6. The zero-order valence-corrected chi connectivity index (χ0v) is 21.6. The lowest BCUT2D eigenvalue weighted by Gasteiger charge is -2.23. The van der Waals surface area contributed by atoms with Gasteiger partial charge in [-0.3, -0.25) is 14.5 Å². The normalized spacial score (nSPS) is 17.0. The highest BCUT2D eigenvalue weighted by atomic mass is 16.5. The van der Waals surface area contributed by atoms with Gasteiger partial charge in [-0.05, 0) is 67.2 Å². The number of nitrogens with zero attached hydrogens (tertiary/aromatic N) is 3. The summed E-state index contributed by atoms with van der Waals surface area (Å²) in [5.41, 5.74) is 5.86. The molecular weight excluding hydrogens is 464 g/mol. The Morgan fingerprint density at radius 1 is 1.03 bits per heavy atom. The lowest BCUT2D eigenvalue weighted by atomic mass is 9.99. The van der Waals surface area contributed by atoms with Crippen LogP contribution in [0, 0.1) is 0 Å². The number of para-hydroxylation sites is 1. The topological polar surface area (TPSA) is 74.8 Å². The maximum Gasteiger partial charge on any atom is 0.254 e. The van der Waals surface area contributed by atoms with Crippen LogP contribution in [0.3, 0.4) is 0 Å². The molecule has 1 saturated heterocycles. The number of amides is 2. The Balaban J connectivity index is 1.45. The molecule has 5 rings (SSSR count). The molecule has 1 fully saturated rings. The Morgan fingerprint density at radius 3 is 2.62 bits per heavy atom. The van der Waals surface area contributed by atoms with E-state index in [-0.39, 0.29) is 11.8 Å². The predicted molar refractivity (Wildman–Crippen MR) is 147 cm³/mol. The fourth-order valence-corrected chi connectivity index (χ4v) is 5.37. The summed E-state index contributed by atoms with van der Waals surface area (Å²) in [6.07, 6.45) is 4.67. The van der Waals surface area contributed by atoms with Gasteiger partial charge in [0.05, 0.1) is 30.4 Å². The number of carbonyl (C=O) groups excluding carboxylic acids is 2. The molecule has 0 bridgehead atoms. The number of ether oxygens (including phenoxy) is 1. The first-order valence-corrected chi connectivity index (χ1v) is 13.1. The number of aromatic nitrogens is 1. The molecule has 1 aliphatic heterocycles. The van der Waals surface area contributed by atoms with Crippen molar-refractivity contribution in [3.63, 3.8) is 0 Å². The predicted octanol–water partition coefficient (Wildman–Crippen LogP) is 4.01. The van der Waals surface area contributed by atoms with Gasteiger partial charge in [0.1, 0.15) is 5.75 Å². The number of nitrogens with one attached hydrogen (secondary N) is 1. The largest absolute Gasteiger partial charge is 0.497 e. The van der Waals surface area contributed by atoms with Gasteiger partial charge >= 0.3 is 0 Å². The number of allylic oxidation sites excluding steroid dienone is 1. The van der Waals surface area contributed by atoms with Crippen LogP contribution in [0.1, 0.15) is 46.9 Å². The van der Waals surface area contributed by atoms with Gasteiger partial charge in [-0.25, -0.2) is 4.98 Å². The first-order chi connectivity index (χ1) is 18.1. The van der Waals surface area contributed by atoms with E-state index >= 15 is 0 Å². The van der Waals surface area contributed by atoms with Crippen molar-refractivity contribution in [2.45, 2.75) is 26.2 Å². The third-order valence-corrected chi connectivity index (χ3v) is 7.23. The van der Waals surface area contributed by atoms with E-state index in [4.69, 9.17) is 9.72 Å². The van der Waals surface area contributed by atoms with Crippen molar-refractivity contribution in [3.05, 3.63) is 70.9 Å². The molecule has 7 nitrogen and oxygen atoms in total. The van der Waals surface area contributed by atoms with Gasteiger partial charge in [0, 0.05) is 38.1 Å². The third-order valence-electron chi connectivity index (χ3n) is 7.23. The molecule has 7 heteroatoms. The molecule has 37 heavy (non-hydrogen) atoms. The van der Waals surface area contributed by atoms with Crippen LogP contribution >= 0.6 is 0 Å². The van der Waals surface area contributed by atoms with E-state index in [1.54, 1.807) is 7.11 Å². The fourth-order valence-electron chi connectivity index (χ4n) is 5.37. The molecule has 0 saturated carbocycles. The van der Waals surface area contributed by atoms with Crippen molar-refractivity contribution in [2.24, 2.45) is 0 Å². The highest BCUT2D eigenvalue weighted by Gasteiger charge is 2.30. The molecule has 0 radical (unpaired) electrons. The van der Waals surface area contributed by atoms with Gasteiger partial charge in [-0.15, -0.1) is 0 Å². The molecule has 0 unspecified atom stereocenters. The minimum Gasteiger partial charge on any atom is -0.497 e. The number of rotatable bonds is 6. The van der Waals surface area contributed by atoms with Crippen molar-refractivity contribution in [1.29, 1.82) is 0 Å². The highest BCUT2D eigenvalue weighted by Crippen LogP contribution is 2.38. The number of hydrogen-bond acceptors (Lipinski definition) is 5. The van der Waals surface area contributed by atoms with E-state index in [9.17, 15) is 9.59 Å². The van der Waals surface area contributed by atoms with Gasteiger partial charge < -0.3 is 15.0 Å². The fraction of sp³-hybridized carbons (Fsp3) is 0.367. The quantitative estimate of drug-likeness (QED) is 0.556. The second kappa shape index (κ2) is 11.1. The first-order valence-electron chi connectivity index (χ1n) is 13.1. The van der Waals surface area contributed by atoms with Crippen molar-refractivity contribution in [1.82, 2.24) is 20.1 Å². The molecule has 0 atom stereocenters. The molecule has 1 aromatic heterocycles. The van der Waals surface area contributed by atoms with E-state index in [1.165, 1.54) is 0 Å². The van der Waals surface area contributed by atoms with Crippen molar-refractivity contribution >= 4 is 34.4 Å². The summed E-state index contributed by atoms with van der Waals surface area (Å²) in [6, 6.07) is 16.0. The maximum absolute atomic E-state index is 14.1. The number of likely N-dealkylation sites (N-methyl/N-ethyl adjacent to an activating group) is 1. The lowest BCUT2D eigenvalue weighted by molar-refractivity contribution is -0.122. The molecule has 192 valence electrons. The molecule has 1 aliphatic carbocycles. The molecule has 2 aromatic carbocycles. The van der Waals surface area contributed by atoms with Crippen LogP contribution in [-0.2, 0) is 11.2 Å². The highest BCUT2D eigenvalue weighted by molar-refractivity contribution is 6.09. The van der Waals surface area contributed by atoms with Gasteiger partial charge in [-0.2, -0.15) is 0 Å². The maximum atomic E-state index is 14.1. The van der Waals surface area contributed by atoms with Gasteiger partial charge in [0.25, 0.3) is 5.91 Å². The number of pyridine rings is 1. The summed E-state index contributed by atoms with van der Waals surface area (Å²) in [5.74, 6) is 0.935. The molecular formula is C30H34N4O3. The second-order valence-electron chi connectivity index (χ2n) is 9.65. The molecule has 2 aliphatic rings. The zero-order chi connectivity index (χ0) is 25.8. The number of benzene rings is 2. The van der Waals surface area contributed by atoms with Crippen LogP contribution in [0.15, 0.2) is 48.5 Å². The average molecular weight is 499 g/mol. The van der Waals surface area contributed by atoms with Crippen LogP contribution < -0.4 is 10.1 Å². The Labute approximate surface area is 218 Å². The number of carbonyl (C=O) groups is 2. The Bertz CT molecular complexity index is 1330. The minimum absolute atomic E-state index is 0.0383. The monoisotopic (exact) mass is 498 g/mol. The summed E-state index contributed by atoms with van der Waals surface area (Å²) in [4.78, 5) is 35.3. The summed E-state index contributed by atoms with van der Waals surface area (Å²) >= 11 is 0. The molecule has 1 N–H and O–H groups in total. The Kier molecular flexibility index (Phi) is 7.51. The van der Waals surface area contributed by atoms with Crippen molar-refractivity contribution < 1.29 is 14.3 Å². The Morgan fingerprint density at radius 2 is 1.84 bits per heavy atom. The van der Waals surface area contributed by atoms with E-state index in [1.807, 2.05) is 60.4 Å². The van der Waals surface area contributed by atoms with E-state index in [0.29, 0.717) is 32.7 Å². The third kappa shape index (κ3) is 5.37. The number of fused-ring (bicyclic) bond motifs is 2. The molecule has 2 heterocycles. The molecule has 2 amide bonds. The standard InChI is InChI=1S/C30H34N4O3/c1-3-31-27(35)20-33-15-6-16-34(18-17-33)30(36)28-24-7-4-5-8-26(24)32-29-22(11-14-25(28)29)19-21-9-12-23(37-2)13-10-21/h4-5,7-10,12-13,19H,3,6,11,14-18,20H2,1-2H3,(H,31,35). The van der Waals surface area contributed by atoms with Crippen LogP contribution in [-0.4, -0.2) is 73.0 Å². The van der Waals surface area contributed by atoms with Crippen molar-refractivity contribution in [2.75, 3.05) is 46.4 Å². The van der Waals surface area contributed by atoms with Crippen LogP contribution in [0.2, 0.25) is 0 Å². The van der Waals surface area contributed by atoms with Crippen LogP contribution in [0.25, 0.3) is 22.6 Å². The van der Waals surface area contributed by atoms with Gasteiger partial charge in [0.15, 0.2) is 0 Å².